The predicted octanol–water partition coefficient (Wildman–Crippen LogP) is 3.80. The van der Waals surface area contributed by atoms with Gasteiger partial charge in [-0.1, -0.05) is 48.2 Å². The molecular formula is C22H22N4O2S. The maximum absolute atomic E-state index is 12.5. The van der Waals surface area contributed by atoms with E-state index in [1.54, 1.807) is 0 Å². The number of nitrogens with one attached hydrogen (secondary N) is 1. The van der Waals surface area contributed by atoms with Crippen molar-refractivity contribution in [3.63, 3.8) is 0 Å². The van der Waals surface area contributed by atoms with E-state index in [9.17, 15) is 9.59 Å². The maximum Gasteiger partial charge on any atom is 0.324 e. The third-order valence-electron chi connectivity index (χ3n) is 4.75. The molecule has 0 saturated carbocycles. The summed E-state index contributed by atoms with van der Waals surface area (Å²) < 4.78 is 2.08. The number of rotatable bonds is 5. The van der Waals surface area contributed by atoms with Gasteiger partial charge in [0.15, 0.2) is 5.16 Å². The topological polar surface area (TPSA) is 67.2 Å². The van der Waals surface area contributed by atoms with Crippen LogP contribution in [0.3, 0.4) is 0 Å². The summed E-state index contributed by atoms with van der Waals surface area (Å²) in [6.45, 7) is 5.06. The number of amides is 3. The van der Waals surface area contributed by atoms with Gasteiger partial charge in [0.2, 0.25) is 5.91 Å². The normalized spacial score (nSPS) is 13.6. The van der Waals surface area contributed by atoms with E-state index in [-0.39, 0.29) is 17.7 Å². The second-order valence-electron chi connectivity index (χ2n) is 7.04. The highest BCUT2D eigenvalue weighted by Crippen LogP contribution is 2.30. The number of imide groups is 1. The third-order valence-corrected chi connectivity index (χ3v) is 5.68. The summed E-state index contributed by atoms with van der Waals surface area (Å²) in [6, 6.07) is 16.1. The Morgan fingerprint density at radius 1 is 1.14 bits per heavy atom. The molecule has 3 amide bonds. The zero-order chi connectivity index (χ0) is 20.4. The molecule has 0 aliphatic carbocycles. The minimum absolute atomic E-state index is 0.156. The summed E-state index contributed by atoms with van der Waals surface area (Å²) in [6.07, 6.45) is 1.84. The molecule has 0 spiro atoms. The smallest absolute Gasteiger partial charge is 0.324 e. The molecule has 1 aromatic heterocycles. The van der Waals surface area contributed by atoms with Gasteiger partial charge in [-0.15, -0.1) is 0 Å². The standard InChI is InChI=1S/C22H22N4O2S/c1-15-10-16(2)12-18(11-15)26-19(17-6-4-3-5-7-17)13-24-22(26)29-14-20(27)25-9-8-23-21(25)28/h3-7,10-13H,8-9,14H2,1-2H3,(H,23,28). The molecular weight excluding hydrogens is 384 g/mol. The van der Waals surface area contributed by atoms with E-state index in [1.807, 2.05) is 36.5 Å². The molecule has 2 heterocycles. The number of aryl methyl sites for hydroxylation is 2. The van der Waals surface area contributed by atoms with Gasteiger partial charge in [-0.25, -0.2) is 9.78 Å². The SMILES string of the molecule is Cc1cc(C)cc(-n2c(-c3ccccc3)cnc2SCC(=O)N2CCNC2=O)c1. The second kappa shape index (κ2) is 8.13. The summed E-state index contributed by atoms with van der Waals surface area (Å²) in [4.78, 5) is 30.1. The van der Waals surface area contributed by atoms with E-state index in [1.165, 1.54) is 16.7 Å². The van der Waals surface area contributed by atoms with Crippen LogP contribution in [-0.4, -0.2) is 45.2 Å². The van der Waals surface area contributed by atoms with Crippen LogP contribution in [0.1, 0.15) is 11.1 Å². The van der Waals surface area contributed by atoms with Crippen molar-refractivity contribution < 1.29 is 9.59 Å². The zero-order valence-corrected chi connectivity index (χ0v) is 17.2. The molecule has 0 radical (unpaired) electrons. The fourth-order valence-corrected chi connectivity index (χ4v) is 4.36. The van der Waals surface area contributed by atoms with Crippen molar-refractivity contribution in [2.24, 2.45) is 0 Å². The number of urea groups is 1. The molecule has 29 heavy (non-hydrogen) atoms. The number of hydrogen-bond acceptors (Lipinski definition) is 4. The molecule has 1 N–H and O–H groups in total. The molecule has 1 aliphatic rings. The maximum atomic E-state index is 12.5. The fraction of sp³-hybridized carbons (Fsp3) is 0.227. The van der Waals surface area contributed by atoms with Gasteiger partial charge in [0, 0.05) is 24.3 Å². The van der Waals surface area contributed by atoms with Gasteiger partial charge < -0.3 is 5.32 Å². The van der Waals surface area contributed by atoms with Gasteiger partial charge in [0.05, 0.1) is 17.6 Å². The van der Waals surface area contributed by atoms with E-state index in [2.05, 4.69) is 46.9 Å². The lowest BCUT2D eigenvalue weighted by atomic mass is 10.1. The summed E-state index contributed by atoms with van der Waals surface area (Å²) in [5.41, 5.74) is 5.34. The Morgan fingerprint density at radius 2 is 1.86 bits per heavy atom. The van der Waals surface area contributed by atoms with Crippen LogP contribution in [0.4, 0.5) is 4.79 Å². The molecule has 0 unspecified atom stereocenters. The molecule has 7 heteroatoms. The molecule has 0 atom stereocenters. The highest BCUT2D eigenvalue weighted by Gasteiger charge is 2.26. The quantitative estimate of drug-likeness (QED) is 0.655. The minimum atomic E-state index is -0.321. The Balaban J connectivity index is 1.69. The van der Waals surface area contributed by atoms with Crippen molar-refractivity contribution in [2.45, 2.75) is 19.0 Å². The van der Waals surface area contributed by atoms with Gasteiger partial charge in [-0.2, -0.15) is 0 Å². The Labute approximate surface area is 173 Å². The highest BCUT2D eigenvalue weighted by atomic mass is 32.2. The molecule has 2 aromatic carbocycles. The zero-order valence-electron chi connectivity index (χ0n) is 16.4. The average molecular weight is 407 g/mol. The van der Waals surface area contributed by atoms with Crippen molar-refractivity contribution in [3.05, 3.63) is 65.9 Å². The molecule has 148 valence electrons. The van der Waals surface area contributed by atoms with Crippen molar-refractivity contribution >= 4 is 23.7 Å². The molecule has 0 bridgehead atoms. The first-order valence-corrected chi connectivity index (χ1v) is 10.4. The summed E-state index contributed by atoms with van der Waals surface area (Å²) in [5, 5.41) is 3.38. The van der Waals surface area contributed by atoms with Crippen molar-refractivity contribution in [2.75, 3.05) is 18.8 Å². The predicted molar refractivity (Wildman–Crippen MR) is 114 cm³/mol. The lowest BCUT2D eigenvalue weighted by Gasteiger charge is -2.15. The summed E-state index contributed by atoms with van der Waals surface area (Å²) in [7, 11) is 0. The Morgan fingerprint density at radius 3 is 2.52 bits per heavy atom. The van der Waals surface area contributed by atoms with E-state index >= 15 is 0 Å². The van der Waals surface area contributed by atoms with Crippen LogP contribution >= 0.6 is 11.8 Å². The van der Waals surface area contributed by atoms with Crippen LogP contribution in [-0.2, 0) is 4.79 Å². The first kappa shape index (κ1) is 19.3. The molecule has 6 nitrogen and oxygen atoms in total. The van der Waals surface area contributed by atoms with E-state index in [0.29, 0.717) is 13.1 Å². The van der Waals surface area contributed by atoms with Crippen LogP contribution in [0.2, 0.25) is 0 Å². The van der Waals surface area contributed by atoms with Gasteiger partial charge >= 0.3 is 6.03 Å². The van der Waals surface area contributed by atoms with Crippen LogP contribution in [0.25, 0.3) is 16.9 Å². The lowest BCUT2D eigenvalue weighted by Crippen LogP contribution is -2.35. The van der Waals surface area contributed by atoms with Crippen molar-refractivity contribution in [1.82, 2.24) is 19.8 Å². The van der Waals surface area contributed by atoms with E-state index < -0.39 is 0 Å². The number of carbonyl (C=O) groups excluding carboxylic acids is 2. The second-order valence-corrected chi connectivity index (χ2v) is 7.98. The lowest BCUT2D eigenvalue weighted by molar-refractivity contribution is -0.124. The number of thioether (sulfide) groups is 1. The molecule has 1 saturated heterocycles. The highest BCUT2D eigenvalue weighted by molar-refractivity contribution is 7.99. The van der Waals surface area contributed by atoms with Crippen LogP contribution in [0, 0.1) is 13.8 Å². The number of imidazole rings is 1. The van der Waals surface area contributed by atoms with Crippen LogP contribution in [0.15, 0.2) is 59.9 Å². The van der Waals surface area contributed by atoms with Gasteiger partial charge in [-0.05, 0) is 37.1 Å². The molecule has 3 aromatic rings. The van der Waals surface area contributed by atoms with Gasteiger partial charge in [0.25, 0.3) is 0 Å². The number of aromatic nitrogens is 2. The van der Waals surface area contributed by atoms with Gasteiger partial charge in [0.1, 0.15) is 0 Å². The van der Waals surface area contributed by atoms with Crippen molar-refractivity contribution in [1.29, 1.82) is 0 Å². The van der Waals surface area contributed by atoms with Gasteiger partial charge in [-0.3, -0.25) is 14.3 Å². The Kier molecular flexibility index (Phi) is 5.40. The average Bonchev–Trinajstić information content (AvgIpc) is 3.32. The third kappa shape index (κ3) is 4.05. The molecule has 1 aliphatic heterocycles. The number of hydrogen-bond donors (Lipinski definition) is 1. The fourth-order valence-electron chi connectivity index (χ4n) is 3.49. The molecule has 4 rings (SSSR count). The van der Waals surface area contributed by atoms with Crippen LogP contribution in [0.5, 0.6) is 0 Å². The largest absolute Gasteiger partial charge is 0.336 e. The van der Waals surface area contributed by atoms with Crippen LogP contribution < -0.4 is 5.32 Å². The first-order chi connectivity index (χ1) is 14.0. The Hall–Kier alpha value is -3.06. The van der Waals surface area contributed by atoms with E-state index in [0.717, 1.165) is 33.2 Å². The van der Waals surface area contributed by atoms with E-state index in [4.69, 9.17) is 0 Å². The summed E-state index contributed by atoms with van der Waals surface area (Å²) >= 11 is 1.35. The number of carbonyl (C=O) groups is 2. The monoisotopic (exact) mass is 406 g/mol. The Bertz CT molecular complexity index is 1040. The first-order valence-electron chi connectivity index (χ1n) is 9.46. The number of nitrogens with zero attached hydrogens (tertiary/aromatic N) is 3. The van der Waals surface area contributed by atoms with Crippen molar-refractivity contribution in [3.8, 4) is 16.9 Å². The molecule has 1 fully saturated rings. The summed E-state index contributed by atoms with van der Waals surface area (Å²) in [5.74, 6) is -0.0510. The minimum Gasteiger partial charge on any atom is -0.336 e. The number of benzene rings is 2.